The molecule has 1 aliphatic rings. The third-order valence-electron chi connectivity index (χ3n) is 3.47. The molecule has 0 fully saturated rings. The maximum atomic E-state index is 12.0. The van der Waals surface area contributed by atoms with E-state index in [1.165, 1.54) is 0 Å². The van der Waals surface area contributed by atoms with Crippen LogP contribution in [-0.2, 0) is 16.4 Å². The van der Waals surface area contributed by atoms with E-state index in [9.17, 15) is 13.5 Å². The fraction of sp³-hybridized carbons (Fsp3) is 0.571. The zero-order chi connectivity index (χ0) is 14.0. The first-order valence-electron chi connectivity index (χ1n) is 6.65. The van der Waals surface area contributed by atoms with Crippen molar-refractivity contribution in [2.75, 3.05) is 5.75 Å². The maximum Gasteiger partial charge on any atom is 0.212 e. The molecule has 2 N–H and O–H groups in total. The monoisotopic (exact) mass is 283 g/mol. The van der Waals surface area contributed by atoms with Crippen molar-refractivity contribution < 1.29 is 13.5 Å². The minimum Gasteiger partial charge on any atom is -0.391 e. The standard InChI is InChI=1S/C14H21NO3S/c1-10(2)7-8-19(17,18)15-14-12-6-4-3-5-11(12)9-13(14)16/h3-6,10,13-16H,7-9H2,1-2H3. The van der Waals surface area contributed by atoms with E-state index >= 15 is 0 Å². The van der Waals surface area contributed by atoms with Crippen molar-refractivity contribution in [2.45, 2.75) is 38.8 Å². The molecule has 0 saturated heterocycles. The second-order valence-corrected chi connectivity index (χ2v) is 7.44. The van der Waals surface area contributed by atoms with Gasteiger partial charge < -0.3 is 5.11 Å². The van der Waals surface area contributed by atoms with Crippen LogP contribution < -0.4 is 4.72 Å². The van der Waals surface area contributed by atoms with Gasteiger partial charge in [0.05, 0.1) is 17.9 Å². The van der Waals surface area contributed by atoms with Crippen LogP contribution in [0.2, 0.25) is 0 Å². The summed E-state index contributed by atoms with van der Waals surface area (Å²) in [7, 11) is -3.35. The van der Waals surface area contributed by atoms with Crippen LogP contribution in [0.4, 0.5) is 0 Å². The molecule has 4 nitrogen and oxygen atoms in total. The summed E-state index contributed by atoms with van der Waals surface area (Å²) in [5, 5.41) is 10.0. The van der Waals surface area contributed by atoms with Gasteiger partial charge in [-0.1, -0.05) is 38.1 Å². The summed E-state index contributed by atoms with van der Waals surface area (Å²) in [6, 6.07) is 7.07. The Bertz CT molecular complexity index is 539. The van der Waals surface area contributed by atoms with Gasteiger partial charge in [0.1, 0.15) is 0 Å². The highest BCUT2D eigenvalue weighted by molar-refractivity contribution is 7.89. The van der Waals surface area contributed by atoms with Crippen LogP contribution in [0, 0.1) is 5.92 Å². The Balaban J connectivity index is 2.11. The Morgan fingerprint density at radius 2 is 2.05 bits per heavy atom. The van der Waals surface area contributed by atoms with Crippen LogP contribution in [0.25, 0.3) is 0 Å². The van der Waals surface area contributed by atoms with Crippen LogP contribution in [0.5, 0.6) is 0 Å². The zero-order valence-corrected chi connectivity index (χ0v) is 12.2. The van der Waals surface area contributed by atoms with E-state index < -0.39 is 22.2 Å². The van der Waals surface area contributed by atoms with Gasteiger partial charge in [-0.15, -0.1) is 0 Å². The molecule has 0 spiro atoms. The molecule has 1 aromatic rings. The van der Waals surface area contributed by atoms with E-state index in [1.54, 1.807) is 0 Å². The van der Waals surface area contributed by atoms with Crippen LogP contribution >= 0.6 is 0 Å². The van der Waals surface area contributed by atoms with Crippen molar-refractivity contribution in [1.29, 1.82) is 0 Å². The van der Waals surface area contributed by atoms with Crippen LogP contribution in [-0.4, -0.2) is 25.4 Å². The summed E-state index contributed by atoms with van der Waals surface area (Å²) in [5.41, 5.74) is 1.91. The van der Waals surface area contributed by atoms with Crippen molar-refractivity contribution in [1.82, 2.24) is 4.72 Å². The highest BCUT2D eigenvalue weighted by Gasteiger charge is 2.33. The van der Waals surface area contributed by atoms with E-state index in [0.717, 1.165) is 11.1 Å². The minimum absolute atomic E-state index is 0.107. The lowest BCUT2D eigenvalue weighted by atomic mass is 10.1. The van der Waals surface area contributed by atoms with Gasteiger partial charge >= 0.3 is 0 Å². The lowest BCUT2D eigenvalue weighted by Crippen LogP contribution is -2.35. The summed E-state index contributed by atoms with van der Waals surface area (Å²) >= 11 is 0. The van der Waals surface area contributed by atoms with Gasteiger partial charge in [0.25, 0.3) is 0 Å². The fourth-order valence-corrected chi connectivity index (χ4v) is 3.93. The molecule has 1 aliphatic carbocycles. The number of sulfonamides is 1. The highest BCUT2D eigenvalue weighted by atomic mass is 32.2. The normalized spacial score (nSPS) is 22.7. The van der Waals surface area contributed by atoms with E-state index in [4.69, 9.17) is 0 Å². The number of nitrogens with one attached hydrogen (secondary N) is 1. The molecule has 5 heteroatoms. The first-order chi connectivity index (χ1) is 8.89. The van der Waals surface area contributed by atoms with Crippen LogP contribution in [0.1, 0.15) is 37.4 Å². The topological polar surface area (TPSA) is 66.4 Å². The number of aliphatic hydroxyl groups is 1. The quantitative estimate of drug-likeness (QED) is 0.863. The minimum atomic E-state index is -3.35. The Labute approximate surface area is 114 Å². The Morgan fingerprint density at radius 1 is 1.37 bits per heavy atom. The summed E-state index contributed by atoms with van der Waals surface area (Å²) < 4.78 is 26.7. The Morgan fingerprint density at radius 3 is 2.74 bits per heavy atom. The third-order valence-corrected chi connectivity index (χ3v) is 4.86. The molecule has 19 heavy (non-hydrogen) atoms. The molecule has 2 atom stereocenters. The summed E-state index contributed by atoms with van der Waals surface area (Å²) in [6.45, 7) is 3.99. The van der Waals surface area contributed by atoms with Gasteiger partial charge in [-0.3, -0.25) is 0 Å². The van der Waals surface area contributed by atoms with Crippen LogP contribution in [0.3, 0.4) is 0 Å². The summed E-state index contributed by atoms with van der Waals surface area (Å²) in [6.07, 6.45) is 0.457. The van der Waals surface area contributed by atoms with Crippen LogP contribution in [0.15, 0.2) is 24.3 Å². The first kappa shape index (κ1) is 14.5. The third kappa shape index (κ3) is 3.55. The SMILES string of the molecule is CC(C)CCS(=O)(=O)NC1c2ccccc2CC1O. The average Bonchev–Trinajstić information content (AvgIpc) is 2.64. The maximum absolute atomic E-state index is 12.0. The number of aliphatic hydroxyl groups excluding tert-OH is 1. The van der Waals surface area contributed by atoms with Gasteiger partial charge in [-0.05, 0) is 23.5 Å². The Kier molecular flexibility index (Phi) is 4.28. The van der Waals surface area contributed by atoms with E-state index in [2.05, 4.69) is 4.72 Å². The van der Waals surface area contributed by atoms with Gasteiger partial charge in [0.2, 0.25) is 10.0 Å². The second kappa shape index (κ2) is 5.61. The lowest BCUT2D eigenvalue weighted by Gasteiger charge is -2.18. The average molecular weight is 283 g/mol. The molecule has 106 valence electrons. The number of hydrogen-bond donors (Lipinski definition) is 2. The van der Waals surface area contributed by atoms with Crippen molar-refractivity contribution in [3.8, 4) is 0 Å². The van der Waals surface area contributed by atoms with E-state index in [0.29, 0.717) is 18.8 Å². The number of benzene rings is 1. The predicted octanol–water partition coefficient (Wildman–Crippen LogP) is 1.61. The fourth-order valence-electron chi connectivity index (χ4n) is 2.36. The molecule has 1 aromatic carbocycles. The smallest absolute Gasteiger partial charge is 0.212 e. The summed E-state index contributed by atoms with van der Waals surface area (Å²) in [4.78, 5) is 0. The molecule has 0 heterocycles. The van der Waals surface area contributed by atoms with Gasteiger partial charge in [0, 0.05) is 6.42 Å². The number of rotatable bonds is 5. The molecule has 0 amide bonds. The molecule has 0 radical (unpaired) electrons. The highest BCUT2D eigenvalue weighted by Crippen LogP contribution is 2.31. The molecule has 0 aliphatic heterocycles. The van der Waals surface area contributed by atoms with Crippen molar-refractivity contribution >= 4 is 10.0 Å². The zero-order valence-electron chi connectivity index (χ0n) is 11.3. The molecule has 0 aromatic heterocycles. The lowest BCUT2D eigenvalue weighted by molar-refractivity contribution is 0.151. The molecular weight excluding hydrogens is 262 g/mol. The van der Waals surface area contributed by atoms with E-state index in [1.807, 2.05) is 38.1 Å². The van der Waals surface area contributed by atoms with Crippen molar-refractivity contribution in [2.24, 2.45) is 5.92 Å². The molecule has 2 unspecified atom stereocenters. The van der Waals surface area contributed by atoms with Crippen molar-refractivity contribution in [3.05, 3.63) is 35.4 Å². The molecule has 2 rings (SSSR count). The summed E-state index contributed by atoms with van der Waals surface area (Å²) in [5.74, 6) is 0.452. The van der Waals surface area contributed by atoms with Gasteiger partial charge in [0.15, 0.2) is 0 Å². The van der Waals surface area contributed by atoms with Crippen molar-refractivity contribution in [3.63, 3.8) is 0 Å². The molecular formula is C14H21NO3S. The first-order valence-corrected chi connectivity index (χ1v) is 8.30. The van der Waals surface area contributed by atoms with Gasteiger partial charge in [-0.25, -0.2) is 13.1 Å². The Hall–Kier alpha value is -0.910. The molecule has 0 bridgehead atoms. The number of fused-ring (bicyclic) bond motifs is 1. The van der Waals surface area contributed by atoms with Gasteiger partial charge in [-0.2, -0.15) is 0 Å². The molecule has 0 saturated carbocycles. The number of hydrogen-bond acceptors (Lipinski definition) is 3. The largest absolute Gasteiger partial charge is 0.391 e. The predicted molar refractivity (Wildman–Crippen MR) is 75.3 cm³/mol. The van der Waals surface area contributed by atoms with E-state index in [-0.39, 0.29) is 5.75 Å². The second-order valence-electron chi connectivity index (χ2n) is 5.57.